The molecule has 0 amide bonds. The molecular weight excluding hydrogens is 596 g/mol. The Morgan fingerprint density at radius 1 is 0.818 bits per heavy atom. The minimum atomic E-state index is -4.81. The highest BCUT2D eigenvalue weighted by Gasteiger charge is 2.43. The van der Waals surface area contributed by atoms with Crippen molar-refractivity contribution in [2.45, 2.75) is 125 Å². The Morgan fingerprint density at radius 2 is 1.25 bits per heavy atom. The lowest BCUT2D eigenvalue weighted by molar-refractivity contribution is -0.164. The molecule has 3 N–H and O–H groups in total. The van der Waals surface area contributed by atoms with Crippen LogP contribution in [0.25, 0.3) is 11.1 Å². The molecule has 0 spiro atoms. The molecule has 0 radical (unpaired) electrons. The van der Waals surface area contributed by atoms with E-state index >= 15 is 0 Å². The minimum absolute atomic E-state index is 0.115. The van der Waals surface area contributed by atoms with Gasteiger partial charge in [0.1, 0.15) is 17.8 Å². The quantitative estimate of drug-likeness (QED) is 0.229. The van der Waals surface area contributed by atoms with Gasteiger partial charge in [-0.3, -0.25) is 10.1 Å². The molecule has 0 bridgehead atoms. The first-order chi connectivity index (χ1) is 20.5. The molecule has 2 fully saturated rings. The molecule has 44 heavy (non-hydrogen) atoms. The van der Waals surface area contributed by atoms with Gasteiger partial charge in [0.25, 0.3) is 0 Å². The van der Waals surface area contributed by atoms with Crippen molar-refractivity contribution in [3.05, 3.63) is 54.1 Å². The molecule has 0 heterocycles. The van der Waals surface area contributed by atoms with Gasteiger partial charge in [-0.1, -0.05) is 74.9 Å². The first-order valence-electron chi connectivity index (χ1n) is 15.4. The Morgan fingerprint density at radius 3 is 1.61 bits per heavy atom. The van der Waals surface area contributed by atoms with Gasteiger partial charge in [0.05, 0.1) is 4.90 Å². The van der Waals surface area contributed by atoms with Crippen molar-refractivity contribution >= 4 is 15.8 Å². The van der Waals surface area contributed by atoms with Gasteiger partial charge < -0.3 is 10.4 Å². The zero-order chi connectivity index (χ0) is 32.5. The lowest BCUT2D eigenvalue weighted by Crippen LogP contribution is -2.47. The SMILES string of the molecule is C1CCC(NC2CCCCC2)CC1.CC(C)(F)CC(NC(c1ccc(-c2ccc(S(C)(=O)=O)cc2)cc1)C(F)(F)F)C(=O)O. The summed E-state index contributed by atoms with van der Waals surface area (Å²) in [5.41, 5.74) is -1.07. The van der Waals surface area contributed by atoms with E-state index < -0.39 is 46.2 Å². The number of rotatable bonds is 10. The van der Waals surface area contributed by atoms with Crippen LogP contribution in [-0.4, -0.2) is 55.7 Å². The number of hydrogen-bond donors (Lipinski definition) is 3. The van der Waals surface area contributed by atoms with Crippen molar-refractivity contribution in [1.82, 2.24) is 10.6 Å². The summed E-state index contributed by atoms with van der Waals surface area (Å²) in [6.07, 6.45) is 10.2. The number of carbonyl (C=O) groups is 1. The van der Waals surface area contributed by atoms with E-state index in [4.69, 9.17) is 0 Å². The number of benzene rings is 2. The topological polar surface area (TPSA) is 95.5 Å². The van der Waals surface area contributed by atoms with E-state index in [9.17, 15) is 35.9 Å². The standard InChI is InChI=1S/C21H23F4NO4S.C12H23N/c1-20(2,22)12-17(19(27)28)26-18(21(23,24)25)15-6-4-13(5-7-15)14-8-10-16(11-9-14)31(3,29)30;1-3-7-11(8-4-1)13-12-9-5-2-6-10-12/h4-11,17-18,26H,12H2,1-3H3,(H,27,28);11-13H,1-10H2. The fourth-order valence-corrected chi connectivity index (χ4v) is 6.55. The Hall–Kier alpha value is -2.50. The average molecular weight is 643 g/mol. The maximum Gasteiger partial charge on any atom is 0.407 e. The molecule has 2 aliphatic rings. The smallest absolute Gasteiger partial charge is 0.407 e. The van der Waals surface area contributed by atoms with E-state index in [1.54, 1.807) is 0 Å². The van der Waals surface area contributed by atoms with Gasteiger partial charge in [-0.05, 0) is 68.4 Å². The van der Waals surface area contributed by atoms with Gasteiger partial charge in [0.2, 0.25) is 0 Å². The number of carboxylic acid groups (broad SMARTS) is 1. The molecule has 0 saturated heterocycles. The van der Waals surface area contributed by atoms with Crippen LogP contribution in [0.3, 0.4) is 0 Å². The number of halogens is 4. The summed E-state index contributed by atoms with van der Waals surface area (Å²) >= 11 is 0. The van der Waals surface area contributed by atoms with Gasteiger partial charge in [-0.15, -0.1) is 0 Å². The second-order valence-electron chi connectivity index (χ2n) is 12.7. The highest BCUT2D eigenvalue weighted by atomic mass is 32.2. The van der Waals surface area contributed by atoms with Crippen LogP contribution in [0.1, 0.15) is 96.1 Å². The lowest BCUT2D eigenvalue weighted by Gasteiger charge is -2.30. The summed E-state index contributed by atoms with van der Waals surface area (Å²) in [6, 6.07) is 8.79. The summed E-state index contributed by atoms with van der Waals surface area (Å²) in [6.45, 7) is 2.19. The fourth-order valence-electron chi connectivity index (χ4n) is 5.92. The predicted molar refractivity (Wildman–Crippen MR) is 165 cm³/mol. The van der Waals surface area contributed by atoms with Crippen LogP contribution in [0.2, 0.25) is 0 Å². The molecule has 4 rings (SSSR count). The van der Waals surface area contributed by atoms with Crippen molar-refractivity contribution in [2.24, 2.45) is 0 Å². The Bertz CT molecular complexity index is 1270. The molecule has 2 atom stereocenters. The van der Waals surface area contributed by atoms with E-state index in [2.05, 4.69) is 5.32 Å². The molecule has 2 aromatic rings. The first-order valence-corrected chi connectivity index (χ1v) is 17.3. The fraction of sp³-hybridized carbons (Fsp3) is 0.606. The lowest BCUT2D eigenvalue weighted by atomic mass is 9.91. The summed E-state index contributed by atoms with van der Waals surface area (Å²) in [5.74, 6) is -1.58. The number of alkyl halides is 4. The van der Waals surface area contributed by atoms with E-state index in [1.807, 2.05) is 5.32 Å². The van der Waals surface area contributed by atoms with Crippen LogP contribution in [0.15, 0.2) is 53.4 Å². The van der Waals surface area contributed by atoms with E-state index in [-0.39, 0.29) is 10.5 Å². The van der Waals surface area contributed by atoms with E-state index in [0.29, 0.717) is 11.1 Å². The molecule has 6 nitrogen and oxygen atoms in total. The number of carboxylic acids is 1. The van der Waals surface area contributed by atoms with Crippen molar-refractivity contribution in [3.63, 3.8) is 0 Å². The summed E-state index contributed by atoms with van der Waals surface area (Å²) in [4.78, 5) is 11.5. The number of nitrogens with one attached hydrogen (secondary N) is 2. The number of hydrogen-bond acceptors (Lipinski definition) is 5. The third kappa shape index (κ3) is 11.8. The summed E-state index contributed by atoms with van der Waals surface area (Å²) in [7, 11) is -3.38. The maximum atomic E-state index is 13.9. The molecule has 0 aliphatic heterocycles. The highest BCUT2D eigenvalue weighted by Crippen LogP contribution is 2.35. The average Bonchev–Trinajstić information content (AvgIpc) is 2.95. The van der Waals surface area contributed by atoms with Crippen molar-refractivity contribution in [3.8, 4) is 11.1 Å². The third-order valence-electron chi connectivity index (χ3n) is 8.22. The minimum Gasteiger partial charge on any atom is -0.480 e. The summed E-state index contributed by atoms with van der Waals surface area (Å²) < 4.78 is 77.9. The van der Waals surface area contributed by atoms with Gasteiger partial charge in [0, 0.05) is 24.8 Å². The summed E-state index contributed by atoms with van der Waals surface area (Å²) in [5, 5.41) is 15.1. The molecule has 2 saturated carbocycles. The molecule has 2 aromatic carbocycles. The van der Waals surface area contributed by atoms with E-state index in [1.165, 1.54) is 113 Å². The number of aliphatic carboxylic acids is 1. The monoisotopic (exact) mass is 642 g/mol. The second-order valence-corrected chi connectivity index (χ2v) is 14.7. The molecule has 11 heteroatoms. The van der Waals surface area contributed by atoms with Crippen molar-refractivity contribution in [1.29, 1.82) is 0 Å². The first kappa shape index (κ1) is 36.0. The van der Waals surface area contributed by atoms with Crippen LogP contribution in [0.5, 0.6) is 0 Å². The highest BCUT2D eigenvalue weighted by molar-refractivity contribution is 7.90. The van der Waals surface area contributed by atoms with Crippen LogP contribution in [-0.2, 0) is 14.6 Å². The molecule has 2 aliphatic carbocycles. The van der Waals surface area contributed by atoms with Crippen molar-refractivity contribution < 1.29 is 35.9 Å². The van der Waals surface area contributed by atoms with Gasteiger partial charge in [0.15, 0.2) is 9.84 Å². The zero-order valence-electron chi connectivity index (χ0n) is 25.8. The van der Waals surface area contributed by atoms with Gasteiger partial charge >= 0.3 is 12.1 Å². The maximum absolute atomic E-state index is 13.9. The van der Waals surface area contributed by atoms with Gasteiger partial charge in [-0.2, -0.15) is 13.2 Å². The number of sulfone groups is 1. The Kier molecular flexibility index (Phi) is 12.8. The Balaban J connectivity index is 0.000000335. The van der Waals surface area contributed by atoms with Crippen LogP contribution < -0.4 is 10.6 Å². The predicted octanol–water partition coefficient (Wildman–Crippen LogP) is 7.78. The molecule has 246 valence electrons. The normalized spacial score (nSPS) is 18.6. The van der Waals surface area contributed by atoms with Crippen LogP contribution >= 0.6 is 0 Å². The largest absolute Gasteiger partial charge is 0.480 e. The van der Waals surface area contributed by atoms with Crippen LogP contribution in [0, 0.1) is 0 Å². The molecule has 2 unspecified atom stereocenters. The second kappa shape index (κ2) is 15.7. The van der Waals surface area contributed by atoms with Gasteiger partial charge in [-0.25, -0.2) is 12.8 Å². The van der Waals surface area contributed by atoms with E-state index in [0.717, 1.165) is 32.2 Å². The zero-order valence-corrected chi connectivity index (χ0v) is 26.6. The van der Waals surface area contributed by atoms with Crippen molar-refractivity contribution in [2.75, 3.05) is 6.26 Å². The molecular formula is C33H46F4N2O4S. The third-order valence-corrected chi connectivity index (χ3v) is 9.35. The van der Waals surface area contributed by atoms with Crippen LogP contribution in [0.4, 0.5) is 17.6 Å². The Labute approximate surface area is 258 Å². The molecule has 0 aromatic heterocycles.